The average molecular weight is 259 g/mol. The van der Waals surface area contributed by atoms with Crippen LogP contribution in [0.2, 0.25) is 0 Å². The molecule has 1 nitrogen and oxygen atoms in total. The summed E-state index contributed by atoms with van der Waals surface area (Å²) in [5, 5.41) is 0. The number of likely N-dealkylation sites (tertiary alicyclic amines) is 1. The van der Waals surface area contributed by atoms with Crippen molar-refractivity contribution in [2.24, 2.45) is 5.92 Å². The molecule has 0 saturated carbocycles. The van der Waals surface area contributed by atoms with Crippen LogP contribution in [0, 0.1) is 5.92 Å². The van der Waals surface area contributed by atoms with Crippen LogP contribution in [0.1, 0.15) is 57.9 Å². The summed E-state index contributed by atoms with van der Waals surface area (Å²) >= 11 is 0. The normalized spacial score (nSPS) is 20.3. The molecule has 1 aliphatic heterocycles. The lowest BCUT2D eigenvalue weighted by atomic mass is 9.94. The molecule has 0 radical (unpaired) electrons. The smallest absolute Gasteiger partial charge is 0.0236 e. The van der Waals surface area contributed by atoms with E-state index in [-0.39, 0.29) is 0 Å². The third kappa shape index (κ3) is 4.35. The van der Waals surface area contributed by atoms with Crippen molar-refractivity contribution in [1.29, 1.82) is 0 Å². The largest absolute Gasteiger partial charge is 0.296 e. The van der Waals surface area contributed by atoms with Gasteiger partial charge in [0.05, 0.1) is 0 Å². The average Bonchev–Trinajstić information content (AvgIpc) is 2.88. The minimum atomic E-state index is 0.834. The molecule has 1 saturated heterocycles. The van der Waals surface area contributed by atoms with Crippen LogP contribution < -0.4 is 0 Å². The summed E-state index contributed by atoms with van der Waals surface area (Å²) < 4.78 is 0. The number of benzene rings is 1. The van der Waals surface area contributed by atoms with E-state index >= 15 is 0 Å². The molecule has 2 rings (SSSR count). The van der Waals surface area contributed by atoms with Gasteiger partial charge in [-0.15, -0.1) is 0 Å². The number of hydrogen-bond donors (Lipinski definition) is 0. The van der Waals surface area contributed by atoms with Crippen LogP contribution in [-0.2, 0) is 6.54 Å². The van der Waals surface area contributed by atoms with Gasteiger partial charge in [-0.3, -0.25) is 4.90 Å². The summed E-state index contributed by atoms with van der Waals surface area (Å²) in [5.41, 5.74) is 1.47. The van der Waals surface area contributed by atoms with E-state index in [1.807, 2.05) is 0 Å². The van der Waals surface area contributed by atoms with Crippen LogP contribution in [0.5, 0.6) is 0 Å². The molecule has 1 aromatic rings. The van der Waals surface area contributed by atoms with E-state index < -0.39 is 0 Å². The zero-order valence-corrected chi connectivity index (χ0v) is 12.6. The van der Waals surface area contributed by atoms with Crippen molar-refractivity contribution in [1.82, 2.24) is 4.90 Å². The third-order valence-electron chi connectivity index (χ3n) is 4.79. The molecule has 0 N–H and O–H groups in total. The Morgan fingerprint density at radius 2 is 1.89 bits per heavy atom. The molecule has 0 aromatic heterocycles. The first-order valence-electron chi connectivity index (χ1n) is 8.11. The summed E-state index contributed by atoms with van der Waals surface area (Å²) in [4.78, 5) is 2.71. The van der Waals surface area contributed by atoms with Gasteiger partial charge in [-0.1, -0.05) is 57.0 Å². The molecule has 106 valence electrons. The second kappa shape index (κ2) is 7.69. The zero-order valence-electron chi connectivity index (χ0n) is 12.6. The zero-order chi connectivity index (χ0) is 13.5. The molecule has 1 aliphatic rings. The van der Waals surface area contributed by atoms with Crippen molar-refractivity contribution < 1.29 is 0 Å². The Balaban J connectivity index is 1.83. The van der Waals surface area contributed by atoms with Crippen molar-refractivity contribution in [3.05, 3.63) is 35.9 Å². The minimum Gasteiger partial charge on any atom is -0.296 e. The van der Waals surface area contributed by atoms with Crippen LogP contribution in [0.25, 0.3) is 0 Å². The summed E-state index contributed by atoms with van der Waals surface area (Å²) in [6.07, 6.45) is 8.32. The van der Waals surface area contributed by atoms with E-state index in [4.69, 9.17) is 0 Å². The molecular weight excluding hydrogens is 230 g/mol. The van der Waals surface area contributed by atoms with Crippen molar-refractivity contribution in [2.45, 2.75) is 65.0 Å². The van der Waals surface area contributed by atoms with Gasteiger partial charge < -0.3 is 0 Å². The number of hydrogen-bond acceptors (Lipinski definition) is 1. The second-order valence-electron chi connectivity index (χ2n) is 6.01. The molecule has 0 amide bonds. The molecule has 1 fully saturated rings. The van der Waals surface area contributed by atoms with Crippen LogP contribution >= 0.6 is 0 Å². The Labute approximate surface area is 119 Å². The monoisotopic (exact) mass is 259 g/mol. The standard InChI is InChI=1S/C18H29N/c1-3-16(4-2)12-13-18-11-8-14-19(18)15-17-9-6-5-7-10-17/h5-7,9-10,16,18H,3-4,8,11-15H2,1-2H3. The summed E-state index contributed by atoms with van der Waals surface area (Å²) in [6.45, 7) is 7.12. The Kier molecular flexibility index (Phi) is 5.91. The van der Waals surface area contributed by atoms with Gasteiger partial charge in [-0.25, -0.2) is 0 Å². The van der Waals surface area contributed by atoms with Gasteiger partial charge in [0.25, 0.3) is 0 Å². The molecule has 0 aliphatic carbocycles. The predicted octanol–water partition coefficient (Wildman–Crippen LogP) is 4.87. The van der Waals surface area contributed by atoms with E-state index in [2.05, 4.69) is 49.1 Å². The topological polar surface area (TPSA) is 3.24 Å². The van der Waals surface area contributed by atoms with Crippen molar-refractivity contribution >= 4 is 0 Å². The van der Waals surface area contributed by atoms with Crippen LogP contribution in [0.4, 0.5) is 0 Å². The number of nitrogens with zero attached hydrogens (tertiary/aromatic N) is 1. The van der Waals surface area contributed by atoms with Gasteiger partial charge in [0.2, 0.25) is 0 Å². The molecule has 19 heavy (non-hydrogen) atoms. The first-order valence-corrected chi connectivity index (χ1v) is 8.11. The van der Waals surface area contributed by atoms with Crippen LogP contribution in [-0.4, -0.2) is 17.5 Å². The Morgan fingerprint density at radius 1 is 1.16 bits per heavy atom. The predicted molar refractivity (Wildman–Crippen MR) is 83.2 cm³/mol. The quantitative estimate of drug-likeness (QED) is 0.675. The Hall–Kier alpha value is -0.820. The second-order valence-corrected chi connectivity index (χ2v) is 6.01. The highest BCUT2D eigenvalue weighted by atomic mass is 15.2. The Bertz CT molecular complexity index is 342. The highest BCUT2D eigenvalue weighted by molar-refractivity contribution is 5.14. The maximum atomic E-state index is 2.71. The van der Waals surface area contributed by atoms with Gasteiger partial charge in [-0.05, 0) is 43.7 Å². The van der Waals surface area contributed by atoms with Crippen molar-refractivity contribution in [3.63, 3.8) is 0 Å². The molecule has 0 bridgehead atoms. The molecule has 1 atom stereocenters. The van der Waals surface area contributed by atoms with Gasteiger partial charge in [-0.2, -0.15) is 0 Å². The van der Waals surface area contributed by atoms with Gasteiger partial charge >= 0.3 is 0 Å². The molecule has 1 heterocycles. The van der Waals surface area contributed by atoms with Crippen molar-refractivity contribution in [2.75, 3.05) is 6.54 Å². The van der Waals surface area contributed by atoms with E-state index in [9.17, 15) is 0 Å². The van der Waals surface area contributed by atoms with E-state index in [1.165, 1.54) is 50.6 Å². The fourth-order valence-corrected chi connectivity index (χ4v) is 3.37. The molecule has 1 unspecified atom stereocenters. The summed E-state index contributed by atoms with van der Waals surface area (Å²) in [5.74, 6) is 0.944. The maximum absolute atomic E-state index is 2.71. The van der Waals surface area contributed by atoms with Crippen LogP contribution in [0.3, 0.4) is 0 Å². The highest BCUT2D eigenvalue weighted by Crippen LogP contribution is 2.26. The summed E-state index contributed by atoms with van der Waals surface area (Å²) in [7, 11) is 0. The van der Waals surface area contributed by atoms with Gasteiger partial charge in [0, 0.05) is 12.6 Å². The molecule has 1 heteroatoms. The van der Waals surface area contributed by atoms with E-state index in [1.54, 1.807) is 0 Å². The SMILES string of the molecule is CCC(CC)CCC1CCCN1Cc1ccccc1. The fourth-order valence-electron chi connectivity index (χ4n) is 3.37. The molecule has 0 spiro atoms. The third-order valence-corrected chi connectivity index (χ3v) is 4.79. The fraction of sp³-hybridized carbons (Fsp3) is 0.667. The molecular formula is C18H29N. The first kappa shape index (κ1) is 14.6. The van der Waals surface area contributed by atoms with Gasteiger partial charge in [0.15, 0.2) is 0 Å². The maximum Gasteiger partial charge on any atom is 0.0236 e. The highest BCUT2D eigenvalue weighted by Gasteiger charge is 2.24. The lowest BCUT2D eigenvalue weighted by molar-refractivity contribution is 0.221. The van der Waals surface area contributed by atoms with Gasteiger partial charge in [0.1, 0.15) is 0 Å². The summed E-state index contributed by atoms with van der Waals surface area (Å²) in [6, 6.07) is 11.8. The van der Waals surface area contributed by atoms with E-state index in [0.29, 0.717) is 0 Å². The van der Waals surface area contributed by atoms with E-state index in [0.717, 1.165) is 18.5 Å². The lowest BCUT2D eigenvalue weighted by Crippen LogP contribution is -2.29. The molecule has 1 aromatic carbocycles. The minimum absolute atomic E-state index is 0.834. The van der Waals surface area contributed by atoms with Crippen molar-refractivity contribution in [3.8, 4) is 0 Å². The first-order chi connectivity index (χ1) is 9.33. The van der Waals surface area contributed by atoms with Crippen LogP contribution in [0.15, 0.2) is 30.3 Å². The Morgan fingerprint density at radius 3 is 2.58 bits per heavy atom. The lowest BCUT2D eigenvalue weighted by Gasteiger charge is -2.26. The number of rotatable bonds is 7.